The van der Waals surface area contributed by atoms with Gasteiger partial charge in [-0.15, -0.1) is 0 Å². The summed E-state index contributed by atoms with van der Waals surface area (Å²) >= 11 is 7.90. The van der Waals surface area contributed by atoms with E-state index in [9.17, 15) is 14.0 Å². The predicted molar refractivity (Wildman–Crippen MR) is 168 cm³/mol. The van der Waals surface area contributed by atoms with Crippen LogP contribution in [0.25, 0.3) is 0 Å². The number of ketones is 1. The summed E-state index contributed by atoms with van der Waals surface area (Å²) < 4.78 is 14.1. The molecule has 2 aliphatic rings. The van der Waals surface area contributed by atoms with E-state index in [1.165, 1.54) is 35.6 Å². The van der Waals surface area contributed by atoms with Crippen LogP contribution in [0, 0.1) is 5.82 Å². The number of hydrogen-bond acceptors (Lipinski definition) is 5. The number of benzene rings is 4. The first-order chi connectivity index (χ1) is 20.5. The Labute approximate surface area is 254 Å². The lowest BCUT2D eigenvalue weighted by atomic mass is 10.0. The molecule has 214 valence electrons. The standard InChI is InChI=1S/C34H31ClFN3O2S/c35-29-14-13-26(36)21-25(29)23-39-30-22-24(12-15-33(30)42-32-11-5-4-9-28(32)34(39)41)31(40)10-6-16-37-17-19-38(20-18-37)27-7-2-1-3-8-27/h1-5,7-9,11-15,21-22H,6,10,16-20,23H2. The second-order valence-corrected chi connectivity index (χ2v) is 12.1. The summed E-state index contributed by atoms with van der Waals surface area (Å²) in [4.78, 5) is 35.3. The topological polar surface area (TPSA) is 43.9 Å². The Morgan fingerprint density at radius 1 is 0.857 bits per heavy atom. The van der Waals surface area contributed by atoms with Crippen molar-refractivity contribution in [1.82, 2.24) is 4.90 Å². The molecule has 4 aromatic carbocycles. The van der Waals surface area contributed by atoms with E-state index in [0.29, 0.717) is 33.8 Å². The lowest BCUT2D eigenvalue weighted by Gasteiger charge is -2.36. The number of hydrogen-bond donors (Lipinski definition) is 0. The van der Waals surface area contributed by atoms with Crippen molar-refractivity contribution < 1.29 is 14.0 Å². The lowest BCUT2D eigenvalue weighted by molar-refractivity contribution is 0.0966. The van der Waals surface area contributed by atoms with E-state index in [1.807, 2.05) is 36.4 Å². The molecule has 42 heavy (non-hydrogen) atoms. The van der Waals surface area contributed by atoms with Crippen LogP contribution in [-0.4, -0.2) is 49.3 Å². The Bertz CT molecular complexity index is 1610. The highest BCUT2D eigenvalue weighted by molar-refractivity contribution is 7.99. The number of rotatable bonds is 8. The third-order valence-corrected chi connectivity index (χ3v) is 9.37. The minimum atomic E-state index is -0.419. The number of amides is 1. The van der Waals surface area contributed by atoms with E-state index >= 15 is 0 Å². The van der Waals surface area contributed by atoms with Crippen LogP contribution in [0.3, 0.4) is 0 Å². The van der Waals surface area contributed by atoms with Crippen LogP contribution >= 0.6 is 23.4 Å². The lowest BCUT2D eigenvalue weighted by Crippen LogP contribution is -2.46. The number of fused-ring (bicyclic) bond motifs is 2. The summed E-state index contributed by atoms with van der Waals surface area (Å²) in [5.41, 5.74) is 3.52. The van der Waals surface area contributed by atoms with Crippen molar-refractivity contribution in [3.05, 3.63) is 119 Å². The zero-order valence-electron chi connectivity index (χ0n) is 23.1. The molecule has 2 heterocycles. The molecule has 1 amide bonds. The number of carbonyl (C=O) groups is 2. The summed E-state index contributed by atoms with van der Waals surface area (Å²) in [6.45, 7) is 4.85. The molecular weight excluding hydrogens is 569 g/mol. The summed E-state index contributed by atoms with van der Waals surface area (Å²) in [6.07, 6.45) is 1.19. The Morgan fingerprint density at radius 2 is 1.62 bits per heavy atom. The maximum absolute atomic E-state index is 14.1. The molecule has 1 saturated heterocycles. The van der Waals surface area contributed by atoms with Gasteiger partial charge in [-0.2, -0.15) is 0 Å². The molecule has 0 radical (unpaired) electrons. The predicted octanol–water partition coefficient (Wildman–Crippen LogP) is 7.58. The van der Waals surface area contributed by atoms with E-state index in [0.717, 1.165) is 48.9 Å². The van der Waals surface area contributed by atoms with Gasteiger partial charge in [0.05, 0.1) is 17.8 Å². The third kappa shape index (κ3) is 6.24. The first-order valence-corrected chi connectivity index (χ1v) is 15.4. The van der Waals surface area contributed by atoms with Crippen LogP contribution in [0.4, 0.5) is 15.8 Å². The van der Waals surface area contributed by atoms with Crippen molar-refractivity contribution in [3.63, 3.8) is 0 Å². The second-order valence-electron chi connectivity index (χ2n) is 10.6. The highest BCUT2D eigenvalue weighted by Gasteiger charge is 2.29. The molecule has 2 aliphatic heterocycles. The van der Waals surface area contributed by atoms with Crippen LogP contribution in [0.2, 0.25) is 5.02 Å². The molecule has 5 nitrogen and oxygen atoms in total. The Balaban J connectivity index is 1.16. The van der Waals surface area contributed by atoms with Crippen molar-refractivity contribution in [2.45, 2.75) is 29.2 Å². The third-order valence-electron chi connectivity index (χ3n) is 7.86. The number of anilines is 2. The SMILES string of the molecule is O=C(CCCN1CCN(c2ccccc2)CC1)c1ccc2c(c1)N(Cc1cc(F)ccc1Cl)C(=O)c1ccccc1S2. The zero-order valence-corrected chi connectivity index (χ0v) is 24.7. The first-order valence-electron chi connectivity index (χ1n) is 14.2. The number of carbonyl (C=O) groups excluding carboxylic acids is 2. The fourth-order valence-electron chi connectivity index (χ4n) is 5.56. The molecule has 0 aromatic heterocycles. The van der Waals surface area contributed by atoms with Gasteiger partial charge in [-0.05, 0) is 73.1 Å². The van der Waals surface area contributed by atoms with E-state index in [2.05, 4.69) is 34.1 Å². The van der Waals surface area contributed by atoms with Crippen molar-refractivity contribution >= 4 is 46.4 Å². The molecule has 0 atom stereocenters. The van der Waals surface area contributed by atoms with Gasteiger partial charge in [-0.25, -0.2) is 4.39 Å². The molecule has 0 spiro atoms. The smallest absolute Gasteiger partial charge is 0.259 e. The van der Waals surface area contributed by atoms with Gasteiger partial charge in [-0.1, -0.05) is 59.8 Å². The molecule has 0 aliphatic carbocycles. The Kier molecular flexibility index (Phi) is 8.60. The average molecular weight is 600 g/mol. The maximum atomic E-state index is 14.1. The molecule has 6 rings (SSSR count). The Morgan fingerprint density at radius 3 is 2.43 bits per heavy atom. The molecule has 0 N–H and O–H groups in total. The number of halogens is 2. The molecule has 0 bridgehead atoms. The van der Waals surface area contributed by atoms with Crippen LogP contribution in [-0.2, 0) is 6.54 Å². The van der Waals surface area contributed by atoms with Crippen molar-refractivity contribution in [1.29, 1.82) is 0 Å². The van der Waals surface area contributed by atoms with Gasteiger partial charge < -0.3 is 9.80 Å². The van der Waals surface area contributed by atoms with Crippen molar-refractivity contribution in [3.8, 4) is 0 Å². The summed E-state index contributed by atoms with van der Waals surface area (Å²) in [7, 11) is 0. The van der Waals surface area contributed by atoms with Crippen molar-refractivity contribution in [2.75, 3.05) is 42.5 Å². The molecule has 8 heteroatoms. The van der Waals surface area contributed by atoms with Crippen LogP contribution in [0.15, 0.2) is 101 Å². The fourth-order valence-corrected chi connectivity index (χ4v) is 6.80. The van der Waals surface area contributed by atoms with Gasteiger partial charge in [0.15, 0.2) is 5.78 Å². The van der Waals surface area contributed by atoms with Crippen LogP contribution in [0.1, 0.15) is 39.1 Å². The summed E-state index contributed by atoms with van der Waals surface area (Å²) in [5.74, 6) is -0.586. The van der Waals surface area contributed by atoms with E-state index in [-0.39, 0.29) is 18.2 Å². The Hall–Kier alpha value is -3.65. The number of Topliss-reactive ketones (excluding diaryl/α,β-unsaturated/α-hetero) is 1. The molecule has 4 aromatic rings. The van der Waals surface area contributed by atoms with Crippen LogP contribution in [0.5, 0.6) is 0 Å². The average Bonchev–Trinajstić information content (AvgIpc) is 3.13. The van der Waals surface area contributed by atoms with Gasteiger partial charge in [-0.3, -0.25) is 14.5 Å². The minimum absolute atomic E-state index is 0.0451. The van der Waals surface area contributed by atoms with E-state index < -0.39 is 5.82 Å². The molecule has 1 fully saturated rings. The quantitative estimate of drug-likeness (QED) is 0.195. The van der Waals surface area contributed by atoms with Gasteiger partial charge >= 0.3 is 0 Å². The van der Waals surface area contributed by atoms with Gasteiger partial charge in [0.2, 0.25) is 0 Å². The number of piperazine rings is 1. The zero-order chi connectivity index (χ0) is 29.1. The summed E-state index contributed by atoms with van der Waals surface area (Å²) in [6, 6.07) is 27.6. The maximum Gasteiger partial charge on any atom is 0.259 e. The normalized spacial score (nSPS) is 15.2. The highest BCUT2D eigenvalue weighted by Crippen LogP contribution is 2.42. The number of para-hydroxylation sites is 1. The van der Waals surface area contributed by atoms with Crippen molar-refractivity contribution in [2.24, 2.45) is 0 Å². The van der Waals surface area contributed by atoms with Gasteiger partial charge in [0, 0.05) is 58.7 Å². The van der Waals surface area contributed by atoms with Crippen LogP contribution < -0.4 is 9.80 Å². The van der Waals surface area contributed by atoms with E-state index in [1.54, 1.807) is 17.0 Å². The molecular formula is C34H31ClFN3O2S. The minimum Gasteiger partial charge on any atom is -0.369 e. The summed E-state index contributed by atoms with van der Waals surface area (Å²) in [5, 5.41) is 0.382. The molecule has 0 saturated carbocycles. The molecule has 0 unspecified atom stereocenters. The highest BCUT2D eigenvalue weighted by atomic mass is 35.5. The van der Waals surface area contributed by atoms with E-state index in [4.69, 9.17) is 11.6 Å². The second kappa shape index (κ2) is 12.7. The van der Waals surface area contributed by atoms with Gasteiger partial charge in [0.1, 0.15) is 5.82 Å². The first kappa shape index (κ1) is 28.5. The monoisotopic (exact) mass is 599 g/mol. The fraction of sp³-hybridized carbons (Fsp3) is 0.235. The number of nitrogens with zero attached hydrogens (tertiary/aromatic N) is 3. The van der Waals surface area contributed by atoms with Gasteiger partial charge in [0.25, 0.3) is 5.91 Å². The largest absolute Gasteiger partial charge is 0.369 e.